The Bertz CT molecular complexity index is 704. The molecule has 0 bridgehead atoms. The van der Waals surface area contributed by atoms with Gasteiger partial charge in [0.1, 0.15) is 5.69 Å². The third-order valence-corrected chi connectivity index (χ3v) is 3.60. The highest BCUT2D eigenvalue weighted by Crippen LogP contribution is 2.27. The van der Waals surface area contributed by atoms with Crippen LogP contribution in [-0.4, -0.2) is 28.0 Å². The number of rotatable bonds is 4. The summed E-state index contributed by atoms with van der Waals surface area (Å²) in [7, 11) is 0. The monoisotopic (exact) mass is 292 g/mol. The van der Waals surface area contributed by atoms with E-state index in [4.69, 9.17) is 11.6 Å². The van der Waals surface area contributed by atoms with Crippen molar-refractivity contribution in [2.45, 2.75) is 25.3 Å². The van der Waals surface area contributed by atoms with Gasteiger partial charge in [-0.25, -0.2) is 4.79 Å². The molecule has 1 aliphatic carbocycles. The zero-order valence-electron chi connectivity index (χ0n) is 10.6. The summed E-state index contributed by atoms with van der Waals surface area (Å²) in [6.45, 7) is 0. The van der Waals surface area contributed by atoms with Crippen LogP contribution in [0.5, 0.6) is 0 Å². The van der Waals surface area contributed by atoms with E-state index in [1.807, 2.05) is 0 Å². The van der Waals surface area contributed by atoms with Crippen molar-refractivity contribution in [3.05, 3.63) is 34.5 Å². The fourth-order valence-electron chi connectivity index (χ4n) is 2.25. The highest BCUT2D eigenvalue weighted by atomic mass is 35.5. The molecule has 0 unspecified atom stereocenters. The number of hydrogen-bond donors (Lipinski definition) is 3. The molecule has 0 radical (unpaired) electrons. The van der Waals surface area contributed by atoms with Gasteiger partial charge in [0.15, 0.2) is 0 Å². The minimum atomic E-state index is -1.08. The van der Waals surface area contributed by atoms with E-state index >= 15 is 0 Å². The molecule has 1 aromatic carbocycles. The van der Waals surface area contributed by atoms with Crippen LogP contribution in [0.15, 0.2) is 18.2 Å². The summed E-state index contributed by atoms with van der Waals surface area (Å²) in [5, 5.41) is 13.3. The Kier molecular flexibility index (Phi) is 3.14. The molecule has 5 nitrogen and oxygen atoms in total. The Labute approximate surface area is 119 Å². The summed E-state index contributed by atoms with van der Waals surface area (Å²) >= 11 is 5.95. The summed E-state index contributed by atoms with van der Waals surface area (Å²) in [5.74, 6) is -1.23. The van der Waals surface area contributed by atoms with Gasteiger partial charge in [-0.1, -0.05) is 11.6 Å². The summed E-state index contributed by atoms with van der Waals surface area (Å²) in [4.78, 5) is 26.0. The van der Waals surface area contributed by atoms with E-state index < -0.39 is 5.97 Å². The number of benzene rings is 1. The predicted molar refractivity (Wildman–Crippen MR) is 75.1 cm³/mol. The molecule has 0 spiro atoms. The van der Waals surface area contributed by atoms with Gasteiger partial charge in [0, 0.05) is 27.5 Å². The lowest BCUT2D eigenvalue weighted by Gasteiger charge is -2.04. The van der Waals surface area contributed by atoms with Gasteiger partial charge in [-0.3, -0.25) is 4.79 Å². The van der Waals surface area contributed by atoms with E-state index in [2.05, 4.69) is 10.3 Å². The molecular weight excluding hydrogens is 280 g/mol. The third-order valence-electron chi connectivity index (χ3n) is 3.36. The molecule has 3 rings (SSSR count). The van der Waals surface area contributed by atoms with Crippen LogP contribution >= 0.6 is 11.6 Å². The largest absolute Gasteiger partial charge is 0.477 e. The lowest BCUT2D eigenvalue weighted by molar-refractivity contribution is -0.120. The van der Waals surface area contributed by atoms with Gasteiger partial charge in [-0.2, -0.15) is 0 Å². The SMILES string of the molecule is O=C(Cc1c(C(=O)O)[nH]c2ccc(Cl)cc12)NC1CC1. The average molecular weight is 293 g/mol. The van der Waals surface area contributed by atoms with Gasteiger partial charge >= 0.3 is 5.97 Å². The molecule has 1 heterocycles. The summed E-state index contributed by atoms with van der Waals surface area (Å²) in [6, 6.07) is 5.33. The maximum absolute atomic E-state index is 11.9. The molecule has 1 aliphatic rings. The number of aromatic nitrogens is 1. The van der Waals surface area contributed by atoms with Crippen molar-refractivity contribution in [1.82, 2.24) is 10.3 Å². The molecule has 0 saturated heterocycles. The first kappa shape index (κ1) is 13.0. The smallest absolute Gasteiger partial charge is 0.352 e. The van der Waals surface area contributed by atoms with Crippen molar-refractivity contribution in [3.63, 3.8) is 0 Å². The van der Waals surface area contributed by atoms with E-state index in [-0.39, 0.29) is 24.1 Å². The number of aromatic amines is 1. The van der Waals surface area contributed by atoms with Gasteiger partial charge in [-0.15, -0.1) is 0 Å². The lowest BCUT2D eigenvalue weighted by atomic mass is 10.1. The van der Waals surface area contributed by atoms with Crippen molar-refractivity contribution >= 4 is 34.4 Å². The third kappa shape index (κ3) is 2.49. The van der Waals surface area contributed by atoms with Crippen LogP contribution in [0.1, 0.15) is 28.9 Å². The maximum atomic E-state index is 11.9. The minimum Gasteiger partial charge on any atom is -0.477 e. The first-order valence-electron chi connectivity index (χ1n) is 6.37. The second kappa shape index (κ2) is 4.83. The molecule has 3 N–H and O–H groups in total. The number of hydrogen-bond acceptors (Lipinski definition) is 2. The van der Waals surface area contributed by atoms with Crippen molar-refractivity contribution in [3.8, 4) is 0 Å². The van der Waals surface area contributed by atoms with E-state index in [1.54, 1.807) is 18.2 Å². The maximum Gasteiger partial charge on any atom is 0.352 e. The average Bonchev–Trinajstić information content (AvgIpc) is 3.11. The Morgan fingerprint density at radius 2 is 2.15 bits per heavy atom. The van der Waals surface area contributed by atoms with Crippen LogP contribution in [0, 0.1) is 0 Å². The van der Waals surface area contributed by atoms with E-state index in [0.29, 0.717) is 21.5 Å². The predicted octanol–water partition coefficient (Wildman–Crippen LogP) is 2.34. The zero-order valence-corrected chi connectivity index (χ0v) is 11.3. The summed E-state index contributed by atoms with van der Waals surface area (Å²) in [6.07, 6.45) is 2.03. The van der Waals surface area contributed by atoms with Crippen molar-refractivity contribution in [1.29, 1.82) is 0 Å². The standard InChI is InChI=1S/C14H13ClN2O3/c15-7-1-4-11-9(5-7)10(13(17-11)14(19)20)6-12(18)16-8-2-3-8/h1,4-5,8,17H,2-3,6H2,(H,16,18)(H,19,20). The topological polar surface area (TPSA) is 82.2 Å². The Balaban J connectivity index is 2.00. The molecule has 104 valence electrons. The molecule has 1 fully saturated rings. The lowest BCUT2D eigenvalue weighted by Crippen LogP contribution is -2.27. The quantitative estimate of drug-likeness (QED) is 0.809. The highest BCUT2D eigenvalue weighted by molar-refractivity contribution is 6.31. The van der Waals surface area contributed by atoms with Crippen LogP contribution in [0.3, 0.4) is 0 Å². The normalized spacial score (nSPS) is 14.4. The Morgan fingerprint density at radius 3 is 2.80 bits per heavy atom. The molecule has 1 saturated carbocycles. The Morgan fingerprint density at radius 1 is 1.40 bits per heavy atom. The Hall–Kier alpha value is -2.01. The molecule has 0 aliphatic heterocycles. The highest BCUT2D eigenvalue weighted by Gasteiger charge is 2.25. The number of carbonyl (C=O) groups is 2. The number of carboxylic acid groups (broad SMARTS) is 1. The first-order valence-corrected chi connectivity index (χ1v) is 6.75. The molecule has 2 aromatic rings. The van der Waals surface area contributed by atoms with E-state index in [1.165, 1.54) is 0 Å². The second-order valence-corrected chi connectivity index (χ2v) is 5.43. The van der Waals surface area contributed by atoms with Crippen molar-refractivity contribution < 1.29 is 14.7 Å². The van der Waals surface area contributed by atoms with Crippen molar-refractivity contribution in [2.24, 2.45) is 0 Å². The zero-order chi connectivity index (χ0) is 14.3. The first-order chi connectivity index (χ1) is 9.54. The van der Waals surface area contributed by atoms with Crippen LogP contribution in [0.2, 0.25) is 5.02 Å². The number of H-pyrrole nitrogens is 1. The van der Waals surface area contributed by atoms with Crippen LogP contribution < -0.4 is 5.32 Å². The van der Waals surface area contributed by atoms with Gasteiger partial charge in [-0.05, 0) is 31.0 Å². The van der Waals surface area contributed by atoms with Crippen molar-refractivity contribution in [2.75, 3.05) is 0 Å². The van der Waals surface area contributed by atoms with Gasteiger partial charge in [0.25, 0.3) is 0 Å². The van der Waals surface area contributed by atoms with Crippen LogP contribution in [0.4, 0.5) is 0 Å². The molecule has 6 heteroatoms. The molecule has 0 atom stereocenters. The molecular formula is C14H13ClN2O3. The van der Waals surface area contributed by atoms with E-state index in [9.17, 15) is 14.7 Å². The van der Waals surface area contributed by atoms with Gasteiger partial charge in [0.05, 0.1) is 6.42 Å². The number of carboxylic acids is 1. The number of aromatic carboxylic acids is 1. The van der Waals surface area contributed by atoms with Gasteiger partial charge < -0.3 is 15.4 Å². The summed E-state index contributed by atoms with van der Waals surface area (Å²) in [5.41, 5.74) is 1.20. The fourth-order valence-corrected chi connectivity index (χ4v) is 2.43. The molecule has 20 heavy (non-hydrogen) atoms. The number of fused-ring (bicyclic) bond motifs is 1. The number of nitrogens with one attached hydrogen (secondary N) is 2. The van der Waals surface area contributed by atoms with Crippen LogP contribution in [0.25, 0.3) is 10.9 Å². The fraction of sp³-hybridized carbons (Fsp3) is 0.286. The number of carbonyl (C=O) groups excluding carboxylic acids is 1. The number of amides is 1. The summed E-state index contributed by atoms with van der Waals surface area (Å²) < 4.78 is 0. The number of halogens is 1. The second-order valence-electron chi connectivity index (χ2n) is 4.99. The van der Waals surface area contributed by atoms with E-state index in [0.717, 1.165) is 12.8 Å². The van der Waals surface area contributed by atoms with Gasteiger partial charge in [0.2, 0.25) is 5.91 Å². The van der Waals surface area contributed by atoms with Crippen LogP contribution in [-0.2, 0) is 11.2 Å². The molecule has 1 amide bonds. The minimum absolute atomic E-state index is 0.0402. The molecule has 1 aromatic heterocycles.